The Balaban J connectivity index is 1.67. The number of likely N-dealkylation sites (N-methyl/N-ethyl adjacent to an activating group) is 1. The van der Waals surface area contributed by atoms with E-state index in [1.807, 2.05) is 12.1 Å². The van der Waals surface area contributed by atoms with Crippen molar-refractivity contribution in [2.24, 2.45) is 0 Å². The average molecular weight is 353 g/mol. The Morgan fingerprint density at radius 2 is 1.96 bits per heavy atom. The molecule has 1 N–H and O–H groups in total. The number of nitrogens with one attached hydrogen (secondary N) is 1. The van der Waals surface area contributed by atoms with Gasteiger partial charge in [0.25, 0.3) is 0 Å². The highest BCUT2D eigenvalue weighted by atomic mass is 32.2. The van der Waals surface area contributed by atoms with Crippen LogP contribution in [0.4, 0.5) is 4.79 Å². The summed E-state index contributed by atoms with van der Waals surface area (Å²) < 4.78 is 31.4. The third kappa shape index (κ3) is 3.40. The van der Waals surface area contributed by atoms with Gasteiger partial charge in [0.15, 0.2) is 0 Å². The molecule has 24 heavy (non-hydrogen) atoms. The van der Waals surface area contributed by atoms with Crippen molar-refractivity contribution in [1.82, 2.24) is 14.5 Å². The number of hydrogen-bond acceptors (Lipinski definition) is 5. The van der Waals surface area contributed by atoms with Gasteiger partial charge in [-0.2, -0.15) is 0 Å². The van der Waals surface area contributed by atoms with E-state index < -0.39 is 15.6 Å². The molecule has 2 saturated heterocycles. The molecule has 2 fully saturated rings. The minimum Gasteiger partial charge on any atom is -0.440 e. The van der Waals surface area contributed by atoms with Gasteiger partial charge in [-0.3, -0.25) is 4.90 Å². The van der Waals surface area contributed by atoms with Gasteiger partial charge < -0.3 is 9.64 Å². The molecule has 8 heteroatoms. The molecular weight excluding hydrogens is 330 g/mol. The van der Waals surface area contributed by atoms with Crippen LogP contribution in [-0.4, -0.2) is 63.6 Å². The smallest absolute Gasteiger partial charge is 0.410 e. The summed E-state index contributed by atoms with van der Waals surface area (Å²) in [7, 11) is -0.245. The number of nitrogens with zero attached hydrogens (tertiary/aromatic N) is 2. The summed E-state index contributed by atoms with van der Waals surface area (Å²) in [6.07, 6.45) is 1.62. The quantitative estimate of drug-likeness (QED) is 0.874. The molecule has 1 spiro atoms. The first-order valence-electron chi connectivity index (χ1n) is 8.03. The molecule has 132 valence electrons. The van der Waals surface area contributed by atoms with Crippen LogP contribution in [0, 0.1) is 0 Å². The molecule has 1 amide bonds. The van der Waals surface area contributed by atoms with Crippen molar-refractivity contribution in [3.05, 3.63) is 29.8 Å². The zero-order chi connectivity index (χ0) is 17.4. The molecule has 1 aromatic rings. The number of piperidine rings is 1. The molecule has 0 radical (unpaired) electrons. The molecule has 2 heterocycles. The van der Waals surface area contributed by atoms with E-state index in [0.29, 0.717) is 19.6 Å². The molecule has 3 rings (SSSR count). The van der Waals surface area contributed by atoms with Gasteiger partial charge in [-0.25, -0.2) is 17.9 Å². The fraction of sp³-hybridized carbons (Fsp3) is 0.562. The lowest BCUT2D eigenvalue weighted by atomic mass is 9.92. The van der Waals surface area contributed by atoms with E-state index in [4.69, 9.17) is 4.74 Å². The van der Waals surface area contributed by atoms with Crippen molar-refractivity contribution in [2.45, 2.75) is 29.9 Å². The molecule has 2 aliphatic rings. The number of carbonyl (C=O) groups is 1. The summed E-state index contributed by atoms with van der Waals surface area (Å²) in [6.45, 7) is 2.99. The van der Waals surface area contributed by atoms with E-state index >= 15 is 0 Å². The average Bonchev–Trinajstić information content (AvgIpc) is 2.81. The van der Waals surface area contributed by atoms with Gasteiger partial charge in [-0.1, -0.05) is 12.1 Å². The van der Waals surface area contributed by atoms with Gasteiger partial charge in [0, 0.05) is 20.1 Å². The Morgan fingerprint density at radius 1 is 1.25 bits per heavy atom. The number of ether oxygens (including phenoxy) is 1. The van der Waals surface area contributed by atoms with Gasteiger partial charge in [-0.15, -0.1) is 0 Å². The number of sulfonamides is 1. The number of rotatable bonds is 4. The van der Waals surface area contributed by atoms with Crippen LogP contribution in [-0.2, 0) is 21.3 Å². The van der Waals surface area contributed by atoms with Crippen LogP contribution in [0.3, 0.4) is 0 Å². The maximum atomic E-state index is 11.8. The maximum absolute atomic E-state index is 11.8. The topological polar surface area (TPSA) is 79.0 Å². The number of amides is 1. The van der Waals surface area contributed by atoms with Crippen molar-refractivity contribution in [2.75, 3.05) is 33.7 Å². The summed E-state index contributed by atoms with van der Waals surface area (Å²) >= 11 is 0. The Morgan fingerprint density at radius 3 is 2.54 bits per heavy atom. The largest absolute Gasteiger partial charge is 0.440 e. The third-order valence-corrected chi connectivity index (χ3v) is 6.10. The van der Waals surface area contributed by atoms with Crippen LogP contribution in [0.2, 0.25) is 0 Å². The molecule has 0 aliphatic carbocycles. The molecular formula is C16H23N3O4S. The fourth-order valence-corrected chi connectivity index (χ4v) is 4.21. The van der Waals surface area contributed by atoms with E-state index in [-0.39, 0.29) is 11.0 Å². The Bertz CT molecular complexity index is 719. The molecule has 2 aliphatic heterocycles. The Labute approximate surface area is 142 Å². The van der Waals surface area contributed by atoms with Crippen LogP contribution >= 0.6 is 0 Å². The highest BCUT2D eigenvalue weighted by Gasteiger charge is 2.46. The SMILES string of the molecule is CNS(=O)(=O)c1ccc(CN2CCC[C@]3(C2)CN(C)C(=O)O3)cc1. The van der Waals surface area contributed by atoms with E-state index in [0.717, 1.165) is 24.9 Å². The lowest BCUT2D eigenvalue weighted by molar-refractivity contribution is -0.0113. The van der Waals surface area contributed by atoms with Crippen LogP contribution in [0.1, 0.15) is 18.4 Å². The van der Waals surface area contributed by atoms with Gasteiger partial charge in [0.05, 0.1) is 11.4 Å². The second-order valence-electron chi connectivity index (χ2n) is 6.57. The van der Waals surface area contributed by atoms with E-state index in [2.05, 4.69) is 9.62 Å². The first kappa shape index (κ1) is 17.2. The molecule has 0 aromatic heterocycles. The van der Waals surface area contributed by atoms with E-state index in [9.17, 15) is 13.2 Å². The second-order valence-corrected chi connectivity index (χ2v) is 8.46. The lowest BCUT2D eigenvalue weighted by Gasteiger charge is -2.38. The van der Waals surface area contributed by atoms with Gasteiger partial charge in [0.1, 0.15) is 5.60 Å². The summed E-state index contributed by atoms with van der Waals surface area (Å²) in [6, 6.07) is 6.89. The number of hydrogen-bond donors (Lipinski definition) is 1. The number of likely N-dealkylation sites (tertiary alicyclic amines) is 1. The summed E-state index contributed by atoms with van der Waals surface area (Å²) in [5.74, 6) is 0. The lowest BCUT2D eigenvalue weighted by Crippen LogP contribution is -2.50. The normalized spacial score (nSPS) is 25.2. The van der Waals surface area contributed by atoms with Crippen molar-refractivity contribution in [1.29, 1.82) is 0 Å². The first-order chi connectivity index (χ1) is 11.3. The standard InChI is InChI=1S/C16H23N3O4S/c1-17-24(21,22)14-6-4-13(5-7-14)10-19-9-3-8-16(12-19)11-18(2)15(20)23-16/h4-7,17H,3,8-12H2,1-2H3/t16-/m1/s1. The molecule has 0 saturated carbocycles. The van der Waals surface area contributed by atoms with Gasteiger partial charge >= 0.3 is 6.09 Å². The Kier molecular flexibility index (Phi) is 4.54. The van der Waals surface area contributed by atoms with Crippen molar-refractivity contribution in [3.63, 3.8) is 0 Å². The molecule has 7 nitrogen and oxygen atoms in total. The van der Waals surface area contributed by atoms with E-state index in [1.54, 1.807) is 24.1 Å². The number of carbonyl (C=O) groups excluding carboxylic acids is 1. The predicted octanol–water partition coefficient (Wildman–Crippen LogP) is 1.01. The molecule has 0 bridgehead atoms. The zero-order valence-corrected chi connectivity index (χ0v) is 14.8. The van der Waals surface area contributed by atoms with Crippen LogP contribution in [0.15, 0.2) is 29.2 Å². The first-order valence-corrected chi connectivity index (χ1v) is 9.51. The predicted molar refractivity (Wildman–Crippen MR) is 89.0 cm³/mol. The highest BCUT2D eigenvalue weighted by Crippen LogP contribution is 2.32. The van der Waals surface area contributed by atoms with Crippen molar-refractivity contribution >= 4 is 16.1 Å². The minimum absolute atomic E-state index is 0.251. The minimum atomic E-state index is -3.41. The summed E-state index contributed by atoms with van der Waals surface area (Å²) in [5, 5.41) is 0. The van der Waals surface area contributed by atoms with Crippen LogP contribution in [0.25, 0.3) is 0 Å². The molecule has 1 aromatic carbocycles. The maximum Gasteiger partial charge on any atom is 0.410 e. The third-order valence-electron chi connectivity index (χ3n) is 4.67. The second kappa shape index (κ2) is 6.34. The van der Waals surface area contributed by atoms with Crippen molar-refractivity contribution < 1.29 is 17.9 Å². The molecule has 0 unspecified atom stereocenters. The summed E-state index contributed by atoms with van der Waals surface area (Å²) in [4.78, 5) is 15.8. The highest BCUT2D eigenvalue weighted by molar-refractivity contribution is 7.89. The summed E-state index contributed by atoms with van der Waals surface area (Å²) in [5.41, 5.74) is 0.638. The van der Waals surface area contributed by atoms with Gasteiger partial charge in [0.2, 0.25) is 10.0 Å². The van der Waals surface area contributed by atoms with Crippen LogP contribution in [0.5, 0.6) is 0 Å². The van der Waals surface area contributed by atoms with Crippen molar-refractivity contribution in [3.8, 4) is 0 Å². The number of benzene rings is 1. The monoisotopic (exact) mass is 353 g/mol. The fourth-order valence-electron chi connectivity index (χ4n) is 3.48. The Hall–Kier alpha value is -1.64. The van der Waals surface area contributed by atoms with Gasteiger partial charge in [-0.05, 0) is 44.1 Å². The van der Waals surface area contributed by atoms with Crippen LogP contribution < -0.4 is 4.72 Å². The zero-order valence-electron chi connectivity index (χ0n) is 14.0. The van der Waals surface area contributed by atoms with E-state index in [1.165, 1.54) is 7.05 Å². The molecule has 1 atom stereocenters.